The molecule has 92 heavy (non-hydrogen) atoms. The topological polar surface area (TPSA) is 222 Å². The molecule has 6 aromatic heterocycles. The number of methoxy groups -OCH3 is 5. The maximum absolute atomic E-state index is 10.6. The molecule has 0 atom stereocenters. The molecule has 476 valence electrons. The number of aromatic amines is 1. The van der Waals surface area contributed by atoms with Gasteiger partial charge in [-0.1, -0.05) is 48.5 Å². The van der Waals surface area contributed by atoms with Crippen molar-refractivity contribution in [2.75, 3.05) is 55.2 Å². The average molecular weight is 1250 g/mol. The van der Waals surface area contributed by atoms with Crippen molar-refractivity contribution in [3.8, 4) is 28.7 Å². The summed E-state index contributed by atoms with van der Waals surface area (Å²) >= 11 is 0. The lowest BCUT2D eigenvalue weighted by atomic mass is 9.99. The third kappa shape index (κ3) is 16.4. The summed E-state index contributed by atoms with van der Waals surface area (Å²) in [6.45, 7) is 9.16. The van der Waals surface area contributed by atoms with E-state index in [-0.39, 0.29) is 0 Å². The highest BCUT2D eigenvalue weighted by molar-refractivity contribution is 5.82. The molecule has 0 unspecified atom stereocenters. The van der Waals surface area contributed by atoms with Crippen molar-refractivity contribution in [1.29, 1.82) is 0 Å². The second kappa shape index (κ2) is 30.5. The predicted octanol–water partition coefficient (Wildman–Crippen LogP) is 10.9. The van der Waals surface area contributed by atoms with Gasteiger partial charge in [0.25, 0.3) is 0 Å². The Hall–Kier alpha value is -10.2. The first kappa shape index (κ1) is 64.7. The number of benzene rings is 5. The molecule has 20 nitrogen and oxygen atoms in total. The zero-order valence-electron chi connectivity index (χ0n) is 51.7. The molecule has 0 saturated carbocycles. The minimum absolute atomic E-state index is 0.667. The van der Waals surface area contributed by atoms with Crippen LogP contribution in [0.25, 0.3) is 33.1 Å². The Bertz CT molecular complexity index is 4220. The van der Waals surface area contributed by atoms with Crippen molar-refractivity contribution < 1.29 is 51.6 Å². The Morgan fingerprint density at radius 3 is 1.30 bits per heavy atom. The van der Waals surface area contributed by atoms with Gasteiger partial charge in [0, 0.05) is 86.1 Å². The van der Waals surface area contributed by atoms with Crippen LogP contribution in [0.5, 0.6) is 28.7 Å². The largest absolute Gasteiger partial charge is 0.497 e. The summed E-state index contributed by atoms with van der Waals surface area (Å²) in [6.07, 6.45) is 10.6. The first-order chi connectivity index (χ1) is 44.7. The Kier molecular flexibility index (Phi) is 21.5. The lowest BCUT2D eigenvalue weighted by molar-refractivity contribution is -0.192. The molecule has 0 fully saturated rings. The van der Waals surface area contributed by atoms with E-state index in [9.17, 15) is 18.0 Å². The van der Waals surface area contributed by atoms with Crippen LogP contribution in [0.3, 0.4) is 0 Å². The Balaban J connectivity index is 0.000000136. The molecular weight excluding hydrogens is 1180 g/mol. The third-order valence-electron chi connectivity index (χ3n) is 16.0. The Morgan fingerprint density at radius 2 is 0.891 bits per heavy atom. The number of ether oxygens (including phenoxy) is 5. The van der Waals surface area contributed by atoms with Gasteiger partial charge in [0.2, 0.25) is 0 Å². The maximum Gasteiger partial charge on any atom is 0.490 e. The molecule has 0 saturated heterocycles. The summed E-state index contributed by atoms with van der Waals surface area (Å²) in [4.78, 5) is 37.8. The summed E-state index contributed by atoms with van der Waals surface area (Å²) < 4.78 is 61.5. The zero-order valence-corrected chi connectivity index (χ0v) is 51.7. The van der Waals surface area contributed by atoms with E-state index in [4.69, 9.17) is 38.6 Å². The number of nitrogens with zero attached hydrogens (tertiary/aromatic N) is 10. The lowest BCUT2D eigenvalue weighted by Crippen LogP contribution is -2.30. The van der Waals surface area contributed by atoms with Crippen LogP contribution in [0.4, 0.5) is 13.2 Å². The number of H-pyrrole nitrogens is 1. The monoisotopic (exact) mass is 1250 g/mol. The number of aromatic nitrogens is 9. The van der Waals surface area contributed by atoms with Crippen LogP contribution in [-0.2, 0) is 69.9 Å². The SMILES string of the molecule is COc1ccc(C=O)cc1.COc1ccc(CN2CCc3c(cnc4[nH]ncc34)C2)cc1.COc1ccc(CN2CCc3c(cnc4c3cnn4Cc3ccc(OC)cc3)C2)cc1.COc1ccc(Cn2ncc3c4c(cnc32)CNCC4)cc1.O=C(O)C(F)(F)F. The van der Waals surface area contributed by atoms with E-state index in [0.29, 0.717) is 12.1 Å². The van der Waals surface area contributed by atoms with Crippen molar-refractivity contribution in [2.24, 2.45) is 0 Å². The fourth-order valence-corrected chi connectivity index (χ4v) is 11.1. The minimum Gasteiger partial charge on any atom is -0.497 e. The van der Waals surface area contributed by atoms with Gasteiger partial charge in [-0.15, -0.1) is 0 Å². The van der Waals surface area contributed by atoms with Gasteiger partial charge >= 0.3 is 12.1 Å². The van der Waals surface area contributed by atoms with Crippen LogP contribution in [-0.4, -0.2) is 133 Å². The van der Waals surface area contributed by atoms with Gasteiger partial charge < -0.3 is 34.1 Å². The third-order valence-corrected chi connectivity index (χ3v) is 16.0. The molecule has 23 heteroatoms. The van der Waals surface area contributed by atoms with Crippen LogP contribution in [0, 0.1) is 0 Å². The van der Waals surface area contributed by atoms with Crippen LogP contribution in [0.15, 0.2) is 159 Å². The molecule has 3 aliphatic heterocycles. The Morgan fingerprint density at radius 1 is 0.511 bits per heavy atom. The zero-order chi connectivity index (χ0) is 64.6. The number of alkyl halides is 3. The molecule has 0 aliphatic carbocycles. The van der Waals surface area contributed by atoms with Gasteiger partial charge in [0.1, 0.15) is 35.0 Å². The van der Waals surface area contributed by atoms with E-state index in [1.165, 1.54) is 71.8 Å². The van der Waals surface area contributed by atoms with Gasteiger partial charge in [0.15, 0.2) is 16.9 Å². The van der Waals surface area contributed by atoms with Crippen molar-refractivity contribution in [3.05, 3.63) is 220 Å². The van der Waals surface area contributed by atoms with Crippen LogP contribution in [0.1, 0.15) is 66.0 Å². The molecule has 0 radical (unpaired) electrons. The number of nitrogens with one attached hydrogen (secondary N) is 2. The number of aldehydes is 1. The fraction of sp³-hybridized carbons (Fsp3) is 0.275. The molecule has 3 N–H and O–H groups in total. The number of rotatable bonds is 14. The maximum atomic E-state index is 10.6. The highest BCUT2D eigenvalue weighted by Gasteiger charge is 2.38. The molecule has 9 heterocycles. The number of pyridine rings is 3. The summed E-state index contributed by atoms with van der Waals surface area (Å²) in [5.74, 6) is 1.54. The van der Waals surface area contributed by atoms with Crippen LogP contribution < -0.4 is 29.0 Å². The number of hydrogen-bond acceptors (Lipinski definition) is 16. The lowest BCUT2D eigenvalue weighted by Gasteiger charge is -2.29. The van der Waals surface area contributed by atoms with E-state index in [1.807, 2.05) is 95.1 Å². The molecule has 5 aromatic carbocycles. The van der Waals surface area contributed by atoms with Crippen LogP contribution >= 0.6 is 0 Å². The number of carboxylic acids is 1. The summed E-state index contributed by atoms with van der Waals surface area (Å²) in [6, 6.07) is 39.7. The van der Waals surface area contributed by atoms with E-state index >= 15 is 0 Å². The van der Waals surface area contributed by atoms with Crippen molar-refractivity contribution >= 4 is 45.4 Å². The van der Waals surface area contributed by atoms with Gasteiger partial charge in [0.05, 0.1) is 67.2 Å². The number of carbonyl (C=O) groups is 2. The molecule has 0 spiro atoms. The van der Waals surface area contributed by atoms with E-state index in [0.717, 1.165) is 130 Å². The number of carbonyl (C=O) groups excluding carboxylic acids is 1. The standard InChI is InChI=1S/C25H26N4O2.2C17H18N4O.C8H8O2.C2HF3O2/c1-30-21-7-3-18(4-8-21)15-28-12-11-23-20(17-28)13-26-25-24(23)14-27-29(25)16-19-5-9-22(31-2)10-6-19;1-22-14-4-2-12(3-5-14)11-21-17-16(10-20-21)15-6-7-18-8-13(15)9-19-17;1-22-14-4-2-12(3-5-14)10-21-7-6-15-13(11-21)8-18-17-16(15)9-19-20-17;1-10-8-4-2-7(6-9)3-5-8;3-2(4,5)1(6)7/h3-10,13-14H,11-12,15-17H2,1-2H3;2-5,9-10,18H,6-8,11H2,1H3;2-5,8-9H,6-7,10-11H2,1H3,(H,18,19,20);2-6H,1H3;(H,6,7). The first-order valence-electron chi connectivity index (χ1n) is 29.7. The van der Waals surface area contributed by atoms with E-state index < -0.39 is 12.1 Å². The number of fused-ring (bicyclic) bond motifs is 9. The molecule has 0 amide bonds. The Labute approximate surface area is 529 Å². The second-order valence-electron chi connectivity index (χ2n) is 21.9. The number of carboxylic acid groups (broad SMARTS) is 1. The van der Waals surface area contributed by atoms with Gasteiger partial charge in [-0.25, -0.2) is 29.1 Å². The van der Waals surface area contributed by atoms with Gasteiger partial charge in [-0.2, -0.15) is 28.5 Å². The molecule has 3 aliphatic rings. The van der Waals surface area contributed by atoms with E-state index in [2.05, 4.69) is 94.0 Å². The van der Waals surface area contributed by atoms with Crippen molar-refractivity contribution in [2.45, 2.75) is 71.3 Å². The highest BCUT2D eigenvalue weighted by atomic mass is 19.4. The first-order valence-corrected chi connectivity index (χ1v) is 29.7. The minimum atomic E-state index is -5.08. The van der Waals surface area contributed by atoms with Crippen molar-refractivity contribution in [1.82, 2.24) is 59.8 Å². The summed E-state index contributed by atoms with van der Waals surface area (Å²) in [7, 11) is 8.35. The van der Waals surface area contributed by atoms with Crippen LogP contribution in [0.2, 0.25) is 0 Å². The quantitative estimate of drug-likeness (QED) is 0.0861. The average Bonchev–Trinajstić information content (AvgIpc) is 1.59. The second-order valence-corrected chi connectivity index (χ2v) is 21.9. The van der Waals surface area contributed by atoms with Crippen molar-refractivity contribution in [3.63, 3.8) is 0 Å². The smallest absolute Gasteiger partial charge is 0.490 e. The van der Waals surface area contributed by atoms with Gasteiger partial charge in [-0.3, -0.25) is 19.7 Å². The normalized spacial score (nSPS) is 13.4. The molecule has 11 aromatic rings. The van der Waals surface area contributed by atoms with Gasteiger partial charge in [-0.05, 0) is 154 Å². The number of aliphatic carboxylic acids is 1. The van der Waals surface area contributed by atoms with E-state index in [1.54, 1.807) is 59.8 Å². The summed E-state index contributed by atoms with van der Waals surface area (Å²) in [5.41, 5.74) is 16.5. The molecule has 0 bridgehead atoms. The number of hydrogen-bond donors (Lipinski definition) is 3. The fourth-order valence-electron chi connectivity index (χ4n) is 11.1. The molecular formula is C69H71F3N12O8. The predicted molar refractivity (Wildman–Crippen MR) is 342 cm³/mol. The number of halogens is 3. The highest BCUT2D eigenvalue weighted by Crippen LogP contribution is 2.30. The summed E-state index contributed by atoms with van der Waals surface area (Å²) in [5, 5.41) is 30.3. The molecule has 14 rings (SSSR count).